The molecule has 0 aliphatic rings. The molecule has 0 amide bonds. The highest BCUT2D eigenvalue weighted by Gasteiger charge is 2.23. The van der Waals surface area contributed by atoms with Crippen LogP contribution in [0.15, 0.2) is 48.5 Å². The van der Waals surface area contributed by atoms with E-state index in [0.717, 1.165) is 16.9 Å². The number of aliphatic hydroxyl groups excluding tert-OH is 1. The summed E-state index contributed by atoms with van der Waals surface area (Å²) >= 11 is 0. The first kappa shape index (κ1) is 21.2. The fourth-order valence-corrected chi connectivity index (χ4v) is 2.64. The molecule has 0 aliphatic heterocycles. The molecule has 2 aromatic carbocycles. The molecule has 2 aromatic rings. The second-order valence-corrected chi connectivity index (χ2v) is 7.11. The van der Waals surface area contributed by atoms with Crippen LogP contribution in [0.25, 0.3) is 0 Å². The van der Waals surface area contributed by atoms with Crippen molar-refractivity contribution in [3.05, 3.63) is 59.7 Å². The fraction of sp³-hybridized carbons (Fsp3) is 0.455. The van der Waals surface area contributed by atoms with Gasteiger partial charge in [-0.3, -0.25) is 0 Å². The second-order valence-electron chi connectivity index (χ2n) is 7.11. The standard InChI is InChI=1S/C22H28F2O3/c1-4-19(25)15-27-21-11-7-17(8-12-21)22(2,3)16-5-9-20(10-6-16)26-14-18(24)13-23/h5-12,18-19,25H,4,13-15H2,1-3H3. The number of alkyl halides is 2. The van der Waals surface area contributed by atoms with Crippen LogP contribution < -0.4 is 9.47 Å². The van der Waals surface area contributed by atoms with E-state index in [9.17, 15) is 13.9 Å². The molecule has 27 heavy (non-hydrogen) atoms. The monoisotopic (exact) mass is 378 g/mol. The summed E-state index contributed by atoms with van der Waals surface area (Å²) < 4.78 is 35.9. The van der Waals surface area contributed by atoms with Gasteiger partial charge in [-0.15, -0.1) is 0 Å². The van der Waals surface area contributed by atoms with Crippen molar-refractivity contribution in [2.24, 2.45) is 0 Å². The van der Waals surface area contributed by atoms with E-state index < -0.39 is 19.0 Å². The number of ether oxygens (including phenoxy) is 2. The van der Waals surface area contributed by atoms with E-state index in [-0.39, 0.29) is 18.6 Å². The van der Waals surface area contributed by atoms with E-state index >= 15 is 0 Å². The van der Waals surface area contributed by atoms with E-state index in [1.54, 1.807) is 12.1 Å². The Morgan fingerprint density at radius 3 is 1.74 bits per heavy atom. The maximum atomic E-state index is 12.9. The average molecular weight is 378 g/mol. The van der Waals surface area contributed by atoms with E-state index in [1.165, 1.54) is 0 Å². The topological polar surface area (TPSA) is 38.7 Å². The van der Waals surface area contributed by atoms with Crippen LogP contribution in [0, 0.1) is 0 Å². The summed E-state index contributed by atoms with van der Waals surface area (Å²) in [5, 5.41) is 9.58. The van der Waals surface area contributed by atoms with E-state index in [1.807, 2.05) is 43.3 Å². The quantitative estimate of drug-likeness (QED) is 0.642. The van der Waals surface area contributed by atoms with Crippen molar-refractivity contribution >= 4 is 0 Å². The smallest absolute Gasteiger partial charge is 0.162 e. The van der Waals surface area contributed by atoms with Crippen molar-refractivity contribution in [3.63, 3.8) is 0 Å². The second kappa shape index (κ2) is 9.70. The van der Waals surface area contributed by atoms with E-state index in [4.69, 9.17) is 9.47 Å². The molecule has 1 N–H and O–H groups in total. The third-order valence-electron chi connectivity index (χ3n) is 4.66. The number of hydrogen-bond acceptors (Lipinski definition) is 3. The first-order valence-corrected chi connectivity index (χ1v) is 9.21. The van der Waals surface area contributed by atoms with Crippen LogP contribution in [0.4, 0.5) is 8.78 Å². The van der Waals surface area contributed by atoms with Gasteiger partial charge in [0.2, 0.25) is 0 Å². The molecular formula is C22H28F2O3. The van der Waals surface area contributed by atoms with Crippen LogP contribution >= 0.6 is 0 Å². The Labute approximate surface area is 159 Å². The molecule has 148 valence electrons. The summed E-state index contributed by atoms with van der Waals surface area (Å²) in [5.41, 5.74) is 1.94. The normalized spacial score (nSPS) is 13.9. The van der Waals surface area contributed by atoms with Crippen LogP contribution in [-0.4, -0.2) is 37.3 Å². The Morgan fingerprint density at radius 2 is 1.33 bits per heavy atom. The molecule has 2 rings (SSSR count). The summed E-state index contributed by atoms with van der Waals surface area (Å²) in [4.78, 5) is 0. The number of halogens is 2. The first-order valence-electron chi connectivity index (χ1n) is 9.21. The Kier molecular flexibility index (Phi) is 7.60. The Morgan fingerprint density at radius 1 is 0.889 bits per heavy atom. The molecule has 0 fully saturated rings. The van der Waals surface area contributed by atoms with Crippen molar-refractivity contribution in [1.29, 1.82) is 0 Å². The van der Waals surface area contributed by atoms with Crippen LogP contribution in [-0.2, 0) is 5.41 Å². The van der Waals surface area contributed by atoms with Gasteiger partial charge >= 0.3 is 0 Å². The van der Waals surface area contributed by atoms with Crippen molar-refractivity contribution in [2.45, 2.75) is 44.9 Å². The van der Waals surface area contributed by atoms with Crippen LogP contribution in [0.1, 0.15) is 38.3 Å². The van der Waals surface area contributed by atoms with Gasteiger partial charge in [0.25, 0.3) is 0 Å². The molecule has 0 bridgehead atoms. The summed E-state index contributed by atoms with van der Waals surface area (Å²) in [6.45, 7) is 5.09. The van der Waals surface area contributed by atoms with Gasteiger partial charge in [-0.05, 0) is 41.8 Å². The molecule has 0 aliphatic carbocycles. The minimum Gasteiger partial charge on any atom is -0.491 e. The van der Waals surface area contributed by atoms with Gasteiger partial charge in [0.1, 0.15) is 31.4 Å². The maximum Gasteiger partial charge on any atom is 0.162 e. The highest BCUT2D eigenvalue weighted by Crippen LogP contribution is 2.33. The zero-order chi connectivity index (χ0) is 19.9. The number of hydrogen-bond donors (Lipinski definition) is 1. The number of aliphatic hydroxyl groups is 1. The lowest BCUT2D eigenvalue weighted by atomic mass is 9.78. The van der Waals surface area contributed by atoms with Gasteiger partial charge in [-0.25, -0.2) is 8.78 Å². The highest BCUT2D eigenvalue weighted by atomic mass is 19.2. The minimum atomic E-state index is -1.60. The molecule has 0 aromatic heterocycles. The summed E-state index contributed by atoms with van der Waals surface area (Å²) in [6.07, 6.45) is -1.40. The van der Waals surface area contributed by atoms with Gasteiger partial charge in [-0.1, -0.05) is 45.0 Å². The molecule has 2 atom stereocenters. The third-order valence-corrected chi connectivity index (χ3v) is 4.66. The van der Waals surface area contributed by atoms with Gasteiger partial charge in [0.05, 0.1) is 6.10 Å². The molecule has 0 radical (unpaired) electrons. The summed E-state index contributed by atoms with van der Waals surface area (Å²) in [7, 11) is 0. The molecule has 0 heterocycles. The van der Waals surface area contributed by atoms with E-state index in [2.05, 4.69) is 13.8 Å². The Hall–Kier alpha value is -2.14. The highest BCUT2D eigenvalue weighted by molar-refractivity contribution is 5.41. The first-order chi connectivity index (χ1) is 12.9. The minimum absolute atomic E-state index is 0.248. The predicted molar refractivity (Wildman–Crippen MR) is 103 cm³/mol. The average Bonchev–Trinajstić information content (AvgIpc) is 2.70. The zero-order valence-corrected chi connectivity index (χ0v) is 16.1. The number of benzene rings is 2. The molecule has 2 unspecified atom stereocenters. The molecule has 3 nitrogen and oxygen atoms in total. The largest absolute Gasteiger partial charge is 0.491 e. The van der Waals surface area contributed by atoms with Crippen LogP contribution in [0.3, 0.4) is 0 Å². The Bertz CT molecular complexity index is 624. The lowest BCUT2D eigenvalue weighted by Crippen LogP contribution is -2.19. The van der Waals surface area contributed by atoms with Gasteiger partial charge in [0.15, 0.2) is 6.17 Å². The molecule has 0 saturated heterocycles. The van der Waals surface area contributed by atoms with Crippen LogP contribution in [0.5, 0.6) is 11.5 Å². The number of rotatable bonds is 10. The zero-order valence-electron chi connectivity index (χ0n) is 16.1. The summed E-state index contributed by atoms with van der Waals surface area (Å²) in [6, 6.07) is 15.2. The fourth-order valence-electron chi connectivity index (χ4n) is 2.64. The maximum absolute atomic E-state index is 12.9. The lowest BCUT2D eigenvalue weighted by molar-refractivity contribution is 0.104. The molecule has 5 heteroatoms. The lowest BCUT2D eigenvalue weighted by Gasteiger charge is -2.26. The van der Waals surface area contributed by atoms with Crippen molar-refractivity contribution in [3.8, 4) is 11.5 Å². The van der Waals surface area contributed by atoms with Crippen LogP contribution in [0.2, 0.25) is 0 Å². The molecular weight excluding hydrogens is 350 g/mol. The van der Waals surface area contributed by atoms with Gasteiger partial charge < -0.3 is 14.6 Å². The molecule has 0 spiro atoms. The van der Waals surface area contributed by atoms with Gasteiger partial charge in [0, 0.05) is 5.41 Å². The predicted octanol–water partition coefficient (Wildman–Crippen LogP) is 4.85. The van der Waals surface area contributed by atoms with Crippen molar-refractivity contribution in [1.82, 2.24) is 0 Å². The Balaban J connectivity index is 2.04. The van der Waals surface area contributed by atoms with Gasteiger partial charge in [-0.2, -0.15) is 0 Å². The SMILES string of the molecule is CCC(O)COc1ccc(C(C)(C)c2ccc(OCC(F)CF)cc2)cc1. The summed E-state index contributed by atoms with van der Waals surface area (Å²) in [5.74, 6) is 1.24. The van der Waals surface area contributed by atoms with Crippen molar-refractivity contribution < 1.29 is 23.4 Å². The molecule has 0 saturated carbocycles. The van der Waals surface area contributed by atoms with Crippen molar-refractivity contribution in [2.75, 3.05) is 19.9 Å². The third kappa shape index (κ3) is 5.93. The van der Waals surface area contributed by atoms with E-state index in [0.29, 0.717) is 12.2 Å².